The molecule has 21 heavy (non-hydrogen) atoms. The van der Waals surface area contributed by atoms with Gasteiger partial charge in [0.05, 0.1) is 24.1 Å². The van der Waals surface area contributed by atoms with Gasteiger partial charge in [-0.3, -0.25) is 9.59 Å². The third-order valence-corrected chi connectivity index (χ3v) is 4.38. The lowest BCUT2D eigenvalue weighted by Crippen LogP contribution is -2.35. The number of aromatic nitrogens is 1. The molecule has 1 saturated carbocycles. The van der Waals surface area contributed by atoms with Crippen LogP contribution in [-0.4, -0.2) is 22.0 Å². The van der Waals surface area contributed by atoms with Gasteiger partial charge in [0, 0.05) is 0 Å². The van der Waals surface area contributed by atoms with Crippen LogP contribution in [0.2, 0.25) is 0 Å². The monoisotopic (exact) mass is 294 g/mol. The lowest BCUT2D eigenvalue weighted by molar-refractivity contribution is -0.146. The fourth-order valence-electron chi connectivity index (χ4n) is 2.95. The zero-order valence-electron chi connectivity index (χ0n) is 12.7. The van der Waals surface area contributed by atoms with Crippen LogP contribution in [0.25, 0.3) is 0 Å². The number of amides is 1. The van der Waals surface area contributed by atoms with Crippen LogP contribution in [0.5, 0.6) is 0 Å². The highest BCUT2D eigenvalue weighted by Crippen LogP contribution is 2.38. The number of aliphatic carboxylic acids is 1. The van der Waals surface area contributed by atoms with Gasteiger partial charge >= 0.3 is 5.97 Å². The summed E-state index contributed by atoms with van der Waals surface area (Å²) in [6, 6.07) is 0. The number of aryl methyl sites for hydroxylation is 2. The minimum atomic E-state index is -0.881. The molecular formula is C15H22N2O4. The maximum atomic E-state index is 12.2. The van der Waals surface area contributed by atoms with Gasteiger partial charge in [-0.2, -0.15) is 0 Å². The zero-order valence-corrected chi connectivity index (χ0v) is 12.7. The summed E-state index contributed by atoms with van der Waals surface area (Å²) in [5.74, 6) is -0.633. The molecule has 6 nitrogen and oxygen atoms in total. The average Bonchev–Trinajstić information content (AvgIpc) is 3.00. The van der Waals surface area contributed by atoms with E-state index >= 15 is 0 Å². The van der Waals surface area contributed by atoms with E-state index in [1.165, 1.54) is 0 Å². The van der Waals surface area contributed by atoms with Gasteiger partial charge in [-0.05, 0) is 32.6 Å². The van der Waals surface area contributed by atoms with Crippen LogP contribution in [0, 0.1) is 31.6 Å². The molecule has 0 aliphatic heterocycles. The molecule has 1 aliphatic carbocycles. The van der Waals surface area contributed by atoms with Crippen LogP contribution in [0.1, 0.15) is 43.5 Å². The maximum absolute atomic E-state index is 12.2. The summed E-state index contributed by atoms with van der Waals surface area (Å²) < 4.78 is 5.40. The molecule has 3 unspecified atom stereocenters. The highest BCUT2D eigenvalue weighted by molar-refractivity contribution is 5.85. The molecule has 2 N–H and O–H groups in total. The Kier molecular flexibility index (Phi) is 4.65. The highest BCUT2D eigenvalue weighted by atomic mass is 16.4. The van der Waals surface area contributed by atoms with Gasteiger partial charge in [-0.15, -0.1) is 0 Å². The highest BCUT2D eigenvalue weighted by Gasteiger charge is 2.42. The molecule has 0 radical (unpaired) electrons. The van der Waals surface area contributed by atoms with E-state index in [2.05, 4.69) is 10.3 Å². The van der Waals surface area contributed by atoms with Crippen molar-refractivity contribution in [3.8, 4) is 0 Å². The molecule has 0 saturated heterocycles. The summed E-state index contributed by atoms with van der Waals surface area (Å²) in [5.41, 5.74) is 0.801. The molecule has 1 amide bonds. The molecule has 1 aromatic rings. The molecule has 0 spiro atoms. The number of carboxylic acids is 1. The van der Waals surface area contributed by atoms with Crippen molar-refractivity contribution in [3.63, 3.8) is 0 Å². The topological polar surface area (TPSA) is 92.4 Å². The zero-order chi connectivity index (χ0) is 15.6. The van der Waals surface area contributed by atoms with E-state index in [0.29, 0.717) is 24.7 Å². The van der Waals surface area contributed by atoms with Crippen molar-refractivity contribution in [3.05, 3.63) is 17.3 Å². The first-order valence-corrected chi connectivity index (χ1v) is 7.35. The van der Waals surface area contributed by atoms with Gasteiger partial charge in [0.15, 0.2) is 0 Å². The Morgan fingerprint density at radius 1 is 1.33 bits per heavy atom. The molecule has 1 aliphatic rings. The molecule has 1 aromatic heterocycles. The normalized spacial score (nSPS) is 25.0. The third kappa shape index (κ3) is 3.43. The van der Waals surface area contributed by atoms with Gasteiger partial charge in [0.1, 0.15) is 5.76 Å². The second-order valence-corrected chi connectivity index (χ2v) is 5.76. The van der Waals surface area contributed by atoms with E-state index in [4.69, 9.17) is 4.42 Å². The van der Waals surface area contributed by atoms with E-state index in [0.717, 1.165) is 17.9 Å². The summed E-state index contributed by atoms with van der Waals surface area (Å²) in [5, 5.41) is 12.0. The molecule has 6 heteroatoms. The molecule has 2 rings (SSSR count). The van der Waals surface area contributed by atoms with Gasteiger partial charge in [0.25, 0.3) is 0 Å². The lowest BCUT2D eigenvalue weighted by Gasteiger charge is -2.14. The average molecular weight is 294 g/mol. The molecule has 0 bridgehead atoms. The number of nitrogens with zero attached hydrogens (tertiary/aromatic N) is 1. The van der Waals surface area contributed by atoms with Crippen LogP contribution in [-0.2, 0) is 16.1 Å². The third-order valence-electron chi connectivity index (χ3n) is 4.38. The molecule has 3 atom stereocenters. The summed E-state index contributed by atoms with van der Waals surface area (Å²) in [6.45, 7) is 5.89. The SMILES string of the molecule is CCC1CC(C(=O)O)C(C(=O)NCc2nc(C)c(C)o2)C1. The molecule has 1 heterocycles. The summed E-state index contributed by atoms with van der Waals surface area (Å²) in [4.78, 5) is 27.7. The number of oxazole rings is 1. The van der Waals surface area contributed by atoms with E-state index in [-0.39, 0.29) is 12.5 Å². The largest absolute Gasteiger partial charge is 0.481 e. The first-order valence-electron chi connectivity index (χ1n) is 7.35. The van der Waals surface area contributed by atoms with Crippen molar-refractivity contribution >= 4 is 11.9 Å². The predicted octanol–water partition coefficient (Wildman–Crippen LogP) is 2.04. The fraction of sp³-hybridized carbons (Fsp3) is 0.667. The van der Waals surface area contributed by atoms with Gasteiger partial charge in [0.2, 0.25) is 11.8 Å². The summed E-state index contributed by atoms with van der Waals surface area (Å²) in [6.07, 6.45) is 2.13. The minimum Gasteiger partial charge on any atom is -0.481 e. The van der Waals surface area contributed by atoms with Crippen LogP contribution in [0.3, 0.4) is 0 Å². The Bertz CT molecular complexity index is 518. The molecule has 0 aromatic carbocycles. The Labute approximate surface area is 123 Å². The summed E-state index contributed by atoms with van der Waals surface area (Å²) in [7, 11) is 0. The number of carboxylic acid groups (broad SMARTS) is 1. The van der Waals surface area contributed by atoms with E-state index in [9.17, 15) is 14.7 Å². The van der Waals surface area contributed by atoms with E-state index in [1.54, 1.807) is 0 Å². The lowest BCUT2D eigenvalue weighted by atomic mass is 9.95. The van der Waals surface area contributed by atoms with Gasteiger partial charge in [-0.25, -0.2) is 4.98 Å². The van der Waals surface area contributed by atoms with E-state index < -0.39 is 17.8 Å². The van der Waals surface area contributed by atoms with Crippen LogP contribution in [0.4, 0.5) is 0 Å². The van der Waals surface area contributed by atoms with E-state index in [1.807, 2.05) is 20.8 Å². The molecule has 116 valence electrons. The number of rotatable bonds is 5. The van der Waals surface area contributed by atoms with Crippen molar-refractivity contribution in [2.24, 2.45) is 17.8 Å². The van der Waals surface area contributed by atoms with Crippen LogP contribution in [0.15, 0.2) is 4.42 Å². The maximum Gasteiger partial charge on any atom is 0.307 e. The quantitative estimate of drug-likeness (QED) is 0.867. The smallest absolute Gasteiger partial charge is 0.307 e. The Morgan fingerprint density at radius 2 is 2.00 bits per heavy atom. The number of nitrogens with one attached hydrogen (secondary N) is 1. The van der Waals surface area contributed by atoms with Crippen molar-refractivity contribution in [2.45, 2.75) is 46.6 Å². The number of carbonyl (C=O) groups excluding carboxylic acids is 1. The van der Waals surface area contributed by atoms with Gasteiger partial charge in [-0.1, -0.05) is 13.3 Å². The van der Waals surface area contributed by atoms with Crippen molar-refractivity contribution in [1.29, 1.82) is 0 Å². The fourth-order valence-corrected chi connectivity index (χ4v) is 2.95. The minimum absolute atomic E-state index is 0.202. The standard InChI is InChI=1S/C15H22N2O4/c1-4-10-5-11(12(6-10)15(19)20)14(18)16-7-13-17-8(2)9(3)21-13/h10-12H,4-7H2,1-3H3,(H,16,18)(H,19,20). The Hall–Kier alpha value is -1.85. The first-order chi connectivity index (χ1) is 9.92. The van der Waals surface area contributed by atoms with Crippen molar-refractivity contribution in [2.75, 3.05) is 0 Å². The second-order valence-electron chi connectivity index (χ2n) is 5.76. The predicted molar refractivity (Wildman–Crippen MR) is 75.5 cm³/mol. The molecule has 1 fully saturated rings. The number of hydrogen-bond donors (Lipinski definition) is 2. The Balaban J connectivity index is 1.97. The second kappa shape index (κ2) is 6.28. The number of hydrogen-bond acceptors (Lipinski definition) is 4. The molecular weight excluding hydrogens is 272 g/mol. The van der Waals surface area contributed by atoms with Gasteiger partial charge < -0.3 is 14.8 Å². The van der Waals surface area contributed by atoms with Crippen LogP contribution >= 0.6 is 0 Å². The first kappa shape index (κ1) is 15.5. The number of carbonyl (C=O) groups is 2. The summed E-state index contributed by atoms with van der Waals surface area (Å²) >= 11 is 0. The van der Waals surface area contributed by atoms with Crippen molar-refractivity contribution < 1.29 is 19.1 Å². The Morgan fingerprint density at radius 3 is 2.52 bits per heavy atom. The van der Waals surface area contributed by atoms with Crippen LogP contribution < -0.4 is 5.32 Å². The van der Waals surface area contributed by atoms with Crippen molar-refractivity contribution in [1.82, 2.24) is 10.3 Å².